The van der Waals surface area contributed by atoms with Gasteiger partial charge >= 0.3 is 0 Å². The lowest BCUT2D eigenvalue weighted by Gasteiger charge is -1.97. The normalized spacial score (nSPS) is 10.8. The van der Waals surface area contributed by atoms with Gasteiger partial charge in [-0.2, -0.15) is 0 Å². The molecule has 0 radical (unpaired) electrons. The zero-order chi connectivity index (χ0) is 8.72. The Morgan fingerprint density at radius 2 is 2.17 bits per heavy atom. The van der Waals surface area contributed by atoms with Crippen LogP contribution >= 0.6 is 45.5 Å². The first-order valence-corrected chi connectivity index (χ1v) is 5.58. The number of fused-ring (bicyclic) bond motifs is 1. The molecule has 1 nitrogen and oxygen atoms in total. The predicted octanol–water partition coefficient (Wildman–Crippen LogP) is 3.86. The summed E-state index contributed by atoms with van der Waals surface area (Å²) in [4.78, 5) is 0. The molecule has 1 N–H and O–H groups in total. The van der Waals surface area contributed by atoms with E-state index in [0.29, 0.717) is 10.8 Å². The molecule has 0 aliphatic heterocycles. The van der Waals surface area contributed by atoms with Crippen LogP contribution in [0.15, 0.2) is 17.5 Å². The molecular formula is C8H4ClIOS. The van der Waals surface area contributed by atoms with E-state index in [9.17, 15) is 5.11 Å². The molecule has 2 rings (SSSR count). The van der Waals surface area contributed by atoms with Crippen LogP contribution < -0.4 is 0 Å². The van der Waals surface area contributed by atoms with Crippen molar-refractivity contribution in [2.75, 3.05) is 0 Å². The third-order valence-electron chi connectivity index (χ3n) is 1.62. The molecule has 4 heteroatoms. The largest absolute Gasteiger partial charge is 0.506 e. The van der Waals surface area contributed by atoms with Gasteiger partial charge in [0.15, 0.2) is 0 Å². The number of phenolic OH excluding ortho intramolecular Hbond substituents is 1. The van der Waals surface area contributed by atoms with Crippen molar-refractivity contribution in [2.24, 2.45) is 0 Å². The van der Waals surface area contributed by atoms with E-state index < -0.39 is 0 Å². The van der Waals surface area contributed by atoms with Gasteiger partial charge < -0.3 is 5.11 Å². The molecule has 62 valence electrons. The SMILES string of the molecule is Oc1c(I)ccc2scc(Cl)c12. The van der Waals surface area contributed by atoms with E-state index in [4.69, 9.17) is 11.6 Å². The maximum Gasteiger partial charge on any atom is 0.139 e. The summed E-state index contributed by atoms with van der Waals surface area (Å²) in [6, 6.07) is 3.85. The summed E-state index contributed by atoms with van der Waals surface area (Å²) in [6.07, 6.45) is 0. The molecule has 0 aliphatic carbocycles. The molecule has 0 saturated carbocycles. The second kappa shape index (κ2) is 3.05. The fourth-order valence-electron chi connectivity index (χ4n) is 1.05. The highest BCUT2D eigenvalue weighted by atomic mass is 127. The minimum absolute atomic E-state index is 0.291. The van der Waals surface area contributed by atoms with Gasteiger partial charge in [-0.15, -0.1) is 11.3 Å². The van der Waals surface area contributed by atoms with Crippen molar-refractivity contribution >= 4 is 55.6 Å². The zero-order valence-corrected chi connectivity index (χ0v) is 9.57. The van der Waals surface area contributed by atoms with Crippen LogP contribution in [0.3, 0.4) is 0 Å². The Morgan fingerprint density at radius 1 is 1.42 bits per heavy atom. The van der Waals surface area contributed by atoms with Crippen molar-refractivity contribution in [3.63, 3.8) is 0 Å². The first-order chi connectivity index (χ1) is 5.70. The van der Waals surface area contributed by atoms with Crippen molar-refractivity contribution in [2.45, 2.75) is 0 Å². The van der Waals surface area contributed by atoms with Gasteiger partial charge in [0.25, 0.3) is 0 Å². The summed E-state index contributed by atoms with van der Waals surface area (Å²) in [5.41, 5.74) is 0. The smallest absolute Gasteiger partial charge is 0.139 e. The van der Waals surface area contributed by atoms with Crippen molar-refractivity contribution in [3.05, 3.63) is 26.1 Å². The van der Waals surface area contributed by atoms with Crippen molar-refractivity contribution < 1.29 is 5.11 Å². The molecule has 1 aromatic heterocycles. The van der Waals surface area contributed by atoms with Crippen molar-refractivity contribution in [1.82, 2.24) is 0 Å². The molecule has 2 aromatic rings. The number of hydrogen-bond acceptors (Lipinski definition) is 2. The summed E-state index contributed by atoms with van der Waals surface area (Å²) >= 11 is 9.52. The van der Waals surface area contributed by atoms with Gasteiger partial charge in [0.05, 0.1) is 14.0 Å². The van der Waals surface area contributed by atoms with Crippen LogP contribution in [0.2, 0.25) is 5.02 Å². The summed E-state index contributed by atoms with van der Waals surface area (Å²) in [5, 5.41) is 12.9. The Morgan fingerprint density at radius 3 is 2.92 bits per heavy atom. The molecule has 0 aliphatic rings. The molecular weight excluding hydrogens is 307 g/mol. The number of rotatable bonds is 0. The minimum atomic E-state index is 0.291. The van der Waals surface area contributed by atoms with Crippen LogP contribution in [-0.4, -0.2) is 5.11 Å². The Hall–Kier alpha value is -0.0000000000000000833. The summed E-state index contributed by atoms with van der Waals surface area (Å²) in [7, 11) is 0. The van der Waals surface area contributed by atoms with Gasteiger partial charge in [0.2, 0.25) is 0 Å². The number of hydrogen-bond donors (Lipinski definition) is 1. The van der Waals surface area contributed by atoms with Gasteiger partial charge in [0.1, 0.15) is 5.75 Å². The molecule has 0 saturated heterocycles. The van der Waals surface area contributed by atoms with Gasteiger partial charge in [-0.25, -0.2) is 0 Å². The molecule has 1 heterocycles. The average molecular weight is 311 g/mol. The quantitative estimate of drug-likeness (QED) is 0.733. The van der Waals surface area contributed by atoms with E-state index in [-0.39, 0.29) is 0 Å². The summed E-state index contributed by atoms with van der Waals surface area (Å²) in [5.74, 6) is 0.291. The fourth-order valence-corrected chi connectivity index (χ4v) is 2.70. The summed E-state index contributed by atoms with van der Waals surface area (Å²) in [6.45, 7) is 0. The molecule has 0 atom stereocenters. The van der Waals surface area contributed by atoms with E-state index in [1.165, 1.54) is 0 Å². The monoisotopic (exact) mass is 310 g/mol. The Bertz CT molecular complexity index is 438. The summed E-state index contributed by atoms with van der Waals surface area (Å²) < 4.78 is 1.86. The number of thiophene rings is 1. The van der Waals surface area contributed by atoms with Crippen LogP contribution in [-0.2, 0) is 0 Å². The van der Waals surface area contributed by atoms with E-state index in [1.807, 2.05) is 17.5 Å². The molecule has 0 fully saturated rings. The first-order valence-electron chi connectivity index (χ1n) is 3.24. The van der Waals surface area contributed by atoms with Crippen LogP contribution in [0.1, 0.15) is 0 Å². The van der Waals surface area contributed by atoms with Gasteiger partial charge in [0, 0.05) is 10.1 Å². The number of phenols is 1. The molecule has 0 amide bonds. The first kappa shape index (κ1) is 8.59. The van der Waals surface area contributed by atoms with Crippen LogP contribution in [0.4, 0.5) is 0 Å². The Balaban J connectivity index is 2.96. The molecule has 1 aromatic carbocycles. The number of benzene rings is 1. The third-order valence-corrected chi connectivity index (χ3v) is 3.86. The lowest BCUT2D eigenvalue weighted by Crippen LogP contribution is -1.73. The maximum absolute atomic E-state index is 9.64. The van der Waals surface area contributed by atoms with Crippen LogP contribution in [0.5, 0.6) is 5.75 Å². The molecule has 0 spiro atoms. The van der Waals surface area contributed by atoms with Gasteiger partial charge in [-0.1, -0.05) is 11.6 Å². The Labute approximate surface area is 92.1 Å². The highest BCUT2D eigenvalue weighted by Crippen LogP contribution is 2.38. The van der Waals surface area contributed by atoms with E-state index in [1.54, 1.807) is 11.3 Å². The van der Waals surface area contributed by atoms with Crippen LogP contribution in [0.25, 0.3) is 10.1 Å². The fraction of sp³-hybridized carbons (Fsp3) is 0. The zero-order valence-electron chi connectivity index (χ0n) is 5.84. The van der Waals surface area contributed by atoms with E-state index in [0.717, 1.165) is 13.7 Å². The van der Waals surface area contributed by atoms with Crippen molar-refractivity contribution in [1.29, 1.82) is 0 Å². The van der Waals surface area contributed by atoms with E-state index in [2.05, 4.69) is 22.6 Å². The highest BCUT2D eigenvalue weighted by Gasteiger charge is 2.08. The second-order valence-corrected chi connectivity index (χ2v) is 4.83. The number of aromatic hydroxyl groups is 1. The molecule has 0 unspecified atom stereocenters. The molecule has 12 heavy (non-hydrogen) atoms. The van der Waals surface area contributed by atoms with Crippen molar-refractivity contribution in [3.8, 4) is 5.75 Å². The average Bonchev–Trinajstić information content (AvgIpc) is 2.41. The maximum atomic E-state index is 9.64. The van der Waals surface area contributed by atoms with Crippen LogP contribution in [0, 0.1) is 3.57 Å². The topological polar surface area (TPSA) is 20.2 Å². The third kappa shape index (κ3) is 1.20. The Kier molecular flexibility index (Phi) is 2.18. The predicted molar refractivity (Wildman–Crippen MR) is 61.2 cm³/mol. The standard InChI is InChI=1S/C8H4ClIOS/c9-4-3-12-6-2-1-5(10)8(11)7(4)6/h1-3,11H. The number of halogens is 2. The van der Waals surface area contributed by atoms with Gasteiger partial charge in [-0.3, -0.25) is 0 Å². The lowest BCUT2D eigenvalue weighted by atomic mass is 10.2. The second-order valence-electron chi connectivity index (χ2n) is 2.35. The minimum Gasteiger partial charge on any atom is -0.506 e. The van der Waals surface area contributed by atoms with E-state index >= 15 is 0 Å². The lowest BCUT2D eigenvalue weighted by molar-refractivity contribution is 0.478. The molecule has 0 bridgehead atoms. The van der Waals surface area contributed by atoms with Gasteiger partial charge in [-0.05, 0) is 34.7 Å². The highest BCUT2D eigenvalue weighted by molar-refractivity contribution is 14.1.